The molecule has 1 fully saturated rings. The normalized spacial score (nSPS) is 18.4. The first-order valence-electron chi connectivity index (χ1n) is 6.91. The quantitative estimate of drug-likeness (QED) is 0.911. The zero-order valence-electron chi connectivity index (χ0n) is 11.5. The predicted octanol–water partition coefficient (Wildman–Crippen LogP) is 1.29. The topological polar surface area (TPSA) is 90.1 Å². The molecule has 1 atom stereocenters. The molecule has 1 amide bonds. The van der Waals surface area contributed by atoms with Crippen molar-refractivity contribution in [3.05, 3.63) is 41.8 Å². The third kappa shape index (κ3) is 3.43. The molecule has 2 aromatic heterocycles. The van der Waals surface area contributed by atoms with E-state index in [-0.39, 0.29) is 17.6 Å². The molecular weight excluding hydrogens is 272 g/mol. The molecule has 21 heavy (non-hydrogen) atoms. The van der Waals surface area contributed by atoms with E-state index in [1.54, 1.807) is 12.3 Å². The third-order valence-electron chi connectivity index (χ3n) is 3.35. The van der Waals surface area contributed by atoms with Crippen molar-refractivity contribution in [3.63, 3.8) is 0 Å². The van der Waals surface area contributed by atoms with Gasteiger partial charge in [-0.3, -0.25) is 4.79 Å². The molecule has 1 N–H and O–H groups in total. The van der Waals surface area contributed by atoms with Crippen molar-refractivity contribution in [1.29, 1.82) is 0 Å². The van der Waals surface area contributed by atoms with Gasteiger partial charge in [0, 0.05) is 24.8 Å². The van der Waals surface area contributed by atoms with Gasteiger partial charge in [0.1, 0.15) is 5.82 Å². The third-order valence-corrected chi connectivity index (χ3v) is 3.35. The van der Waals surface area contributed by atoms with Crippen LogP contribution in [0.3, 0.4) is 0 Å². The minimum Gasteiger partial charge on any atom is -0.381 e. The second kappa shape index (κ2) is 6.45. The minimum atomic E-state index is -0.311. The summed E-state index contributed by atoms with van der Waals surface area (Å²) in [6, 6.07) is 3.30. The van der Waals surface area contributed by atoms with E-state index in [0.29, 0.717) is 13.2 Å². The largest absolute Gasteiger partial charge is 0.381 e. The van der Waals surface area contributed by atoms with Crippen LogP contribution in [0.1, 0.15) is 40.8 Å². The Morgan fingerprint density at radius 1 is 1.38 bits per heavy atom. The lowest BCUT2D eigenvalue weighted by Gasteiger charge is -2.20. The maximum atomic E-state index is 11.8. The van der Waals surface area contributed by atoms with E-state index in [2.05, 4.69) is 20.4 Å². The fourth-order valence-corrected chi connectivity index (χ4v) is 2.24. The van der Waals surface area contributed by atoms with Crippen LogP contribution in [0, 0.1) is 0 Å². The van der Waals surface area contributed by atoms with Gasteiger partial charge in [-0.1, -0.05) is 5.16 Å². The van der Waals surface area contributed by atoms with Gasteiger partial charge in [-0.25, -0.2) is 9.97 Å². The zero-order chi connectivity index (χ0) is 14.5. The number of nitrogens with zero attached hydrogens (tertiary/aromatic N) is 3. The highest BCUT2D eigenvalue weighted by molar-refractivity contribution is 5.91. The lowest BCUT2D eigenvalue weighted by Crippen LogP contribution is -2.24. The first kappa shape index (κ1) is 13.7. The number of carbonyl (C=O) groups is 1. The molecule has 0 radical (unpaired) electrons. The number of hydrogen-bond acceptors (Lipinski definition) is 6. The fourth-order valence-electron chi connectivity index (χ4n) is 2.24. The standard InChI is InChI=1S/C14H16N4O3/c19-14(12-4-6-17-21-12)16-8-11-3-5-15-13(18-11)10-2-1-7-20-9-10/h3-6,10H,1-2,7-9H2,(H,16,19). The van der Waals surface area contributed by atoms with Crippen molar-refractivity contribution in [2.75, 3.05) is 13.2 Å². The molecular formula is C14H16N4O3. The van der Waals surface area contributed by atoms with Crippen molar-refractivity contribution < 1.29 is 14.1 Å². The maximum absolute atomic E-state index is 11.8. The Morgan fingerprint density at radius 3 is 3.10 bits per heavy atom. The van der Waals surface area contributed by atoms with Crippen molar-refractivity contribution in [2.24, 2.45) is 0 Å². The molecule has 1 unspecified atom stereocenters. The van der Waals surface area contributed by atoms with Crippen LogP contribution in [-0.4, -0.2) is 34.2 Å². The minimum absolute atomic E-state index is 0.185. The molecule has 1 aliphatic rings. The Balaban J connectivity index is 1.62. The molecule has 7 nitrogen and oxygen atoms in total. The van der Waals surface area contributed by atoms with Gasteiger partial charge in [0.15, 0.2) is 0 Å². The highest BCUT2D eigenvalue weighted by Crippen LogP contribution is 2.22. The lowest BCUT2D eigenvalue weighted by atomic mass is 10.0. The summed E-state index contributed by atoms with van der Waals surface area (Å²) < 4.78 is 10.2. The van der Waals surface area contributed by atoms with Crippen LogP contribution in [0.15, 0.2) is 29.0 Å². The molecule has 7 heteroatoms. The van der Waals surface area contributed by atoms with Gasteiger partial charge in [-0.05, 0) is 18.9 Å². The van der Waals surface area contributed by atoms with Gasteiger partial charge in [-0.2, -0.15) is 0 Å². The van der Waals surface area contributed by atoms with Crippen molar-refractivity contribution in [2.45, 2.75) is 25.3 Å². The zero-order valence-corrected chi connectivity index (χ0v) is 11.5. The molecule has 1 saturated heterocycles. The second-order valence-electron chi connectivity index (χ2n) is 4.88. The predicted molar refractivity (Wildman–Crippen MR) is 72.5 cm³/mol. The molecule has 2 aromatic rings. The van der Waals surface area contributed by atoms with Crippen LogP contribution in [0.5, 0.6) is 0 Å². The monoisotopic (exact) mass is 288 g/mol. The van der Waals surface area contributed by atoms with Crippen LogP contribution >= 0.6 is 0 Å². The van der Waals surface area contributed by atoms with E-state index >= 15 is 0 Å². The SMILES string of the molecule is O=C(NCc1ccnc(C2CCCOC2)n1)c1ccno1. The molecule has 0 aromatic carbocycles. The molecule has 0 saturated carbocycles. The lowest BCUT2D eigenvalue weighted by molar-refractivity contribution is 0.0779. The Labute approximate surface area is 121 Å². The average Bonchev–Trinajstić information content (AvgIpc) is 3.08. The molecule has 0 aliphatic carbocycles. The van der Waals surface area contributed by atoms with E-state index < -0.39 is 0 Å². The van der Waals surface area contributed by atoms with Crippen LogP contribution in [-0.2, 0) is 11.3 Å². The van der Waals surface area contributed by atoms with Gasteiger partial charge in [0.25, 0.3) is 5.91 Å². The Bertz CT molecular complexity index is 594. The molecule has 110 valence electrons. The van der Waals surface area contributed by atoms with Crippen molar-refractivity contribution in [1.82, 2.24) is 20.4 Å². The fraction of sp³-hybridized carbons (Fsp3) is 0.429. The van der Waals surface area contributed by atoms with Crippen molar-refractivity contribution in [3.8, 4) is 0 Å². The summed E-state index contributed by atoms with van der Waals surface area (Å²) in [5.41, 5.74) is 0.762. The highest BCUT2D eigenvalue weighted by atomic mass is 16.5. The van der Waals surface area contributed by atoms with Gasteiger partial charge in [-0.15, -0.1) is 0 Å². The highest BCUT2D eigenvalue weighted by Gasteiger charge is 2.19. The van der Waals surface area contributed by atoms with Crippen LogP contribution in [0.25, 0.3) is 0 Å². The Kier molecular flexibility index (Phi) is 4.20. The van der Waals surface area contributed by atoms with Gasteiger partial charge < -0.3 is 14.6 Å². The number of amides is 1. The number of nitrogens with one attached hydrogen (secondary N) is 1. The molecule has 1 aliphatic heterocycles. The smallest absolute Gasteiger partial charge is 0.290 e. The molecule has 0 bridgehead atoms. The van der Waals surface area contributed by atoms with Crippen LogP contribution in [0.4, 0.5) is 0 Å². The summed E-state index contributed by atoms with van der Waals surface area (Å²) >= 11 is 0. The maximum Gasteiger partial charge on any atom is 0.290 e. The summed E-state index contributed by atoms with van der Waals surface area (Å²) in [6.45, 7) is 1.79. The number of rotatable bonds is 4. The number of ether oxygens (including phenoxy) is 1. The number of aromatic nitrogens is 3. The Morgan fingerprint density at radius 2 is 2.33 bits per heavy atom. The summed E-state index contributed by atoms with van der Waals surface area (Å²) in [6.07, 6.45) is 5.21. The van der Waals surface area contributed by atoms with Gasteiger partial charge >= 0.3 is 0 Å². The van der Waals surface area contributed by atoms with E-state index in [0.717, 1.165) is 31.0 Å². The van der Waals surface area contributed by atoms with E-state index in [1.165, 1.54) is 12.3 Å². The van der Waals surface area contributed by atoms with Crippen molar-refractivity contribution >= 4 is 5.91 Å². The van der Waals surface area contributed by atoms with Gasteiger partial charge in [0.05, 0.1) is 25.0 Å². The summed E-state index contributed by atoms with van der Waals surface area (Å²) in [7, 11) is 0. The van der Waals surface area contributed by atoms with E-state index in [4.69, 9.17) is 9.26 Å². The molecule has 3 rings (SSSR count). The first-order valence-corrected chi connectivity index (χ1v) is 6.91. The molecule has 3 heterocycles. The van der Waals surface area contributed by atoms with Crippen LogP contribution in [0.2, 0.25) is 0 Å². The van der Waals surface area contributed by atoms with Gasteiger partial charge in [0.2, 0.25) is 5.76 Å². The summed E-state index contributed by atoms with van der Waals surface area (Å²) in [4.78, 5) is 20.6. The second-order valence-corrected chi connectivity index (χ2v) is 4.88. The summed E-state index contributed by atoms with van der Waals surface area (Å²) in [5.74, 6) is 0.892. The van der Waals surface area contributed by atoms with E-state index in [9.17, 15) is 4.79 Å². The first-order chi connectivity index (χ1) is 10.3. The average molecular weight is 288 g/mol. The molecule has 0 spiro atoms. The number of carbonyl (C=O) groups excluding carboxylic acids is 1. The van der Waals surface area contributed by atoms with Crippen LogP contribution < -0.4 is 5.32 Å². The Hall–Kier alpha value is -2.28. The van der Waals surface area contributed by atoms with E-state index in [1.807, 2.05) is 0 Å². The summed E-state index contributed by atoms with van der Waals surface area (Å²) in [5, 5.41) is 6.24. The number of hydrogen-bond donors (Lipinski definition) is 1.